The lowest BCUT2D eigenvalue weighted by Gasteiger charge is -2.21. The molecule has 0 heterocycles. The Morgan fingerprint density at radius 2 is 0.660 bits per heavy atom. The molecule has 0 saturated carbocycles. The molecule has 3 rings (SSSR count). The summed E-state index contributed by atoms with van der Waals surface area (Å²) in [6, 6.07) is 25.9. The highest BCUT2D eigenvalue weighted by atomic mass is 31.2. The average Bonchev–Trinajstić information content (AvgIpc) is 3.15. The zero-order valence-corrected chi connectivity index (χ0v) is 34.2. The van der Waals surface area contributed by atoms with Gasteiger partial charge in [-0.2, -0.15) is 0 Å². The van der Waals surface area contributed by atoms with E-state index < -0.39 is 7.94 Å². The van der Waals surface area contributed by atoms with Gasteiger partial charge in [0.15, 0.2) is 11.5 Å². The quantitative estimate of drug-likeness (QED) is 0.0507. The number of rotatable bonds is 30. The largest absolute Gasteiger partial charge is 0.538 e. The molecule has 3 nitrogen and oxygen atoms in total. The molecule has 50 heavy (non-hydrogen) atoms. The van der Waals surface area contributed by atoms with Crippen LogP contribution in [0.3, 0.4) is 0 Å². The predicted octanol–water partition coefficient (Wildman–Crippen LogP) is 14.9. The van der Waals surface area contributed by atoms with Crippen molar-refractivity contribution in [3.05, 3.63) is 89.5 Å². The predicted molar refractivity (Wildman–Crippen MR) is 223 cm³/mol. The van der Waals surface area contributed by atoms with Crippen molar-refractivity contribution in [3.8, 4) is 11.5 Å². The van der Waals surface area contributed by atoms with E-state index in [0.717, 1.165) is 36.1 Å². The molecule has 0 aliphatic heterocycles. The molecule has 1 unspecified atom stereocenters. The van der Waals surface area contributed by atoms with E-state index in [0.29, 0.717) is 0 Å². The monoisotopic (exact) mass is 721 g/mol. The summed E-state index contributed by atoms with van der Waals surface area (Å²) in [5.41, 5.74) is 4.07. The molecule has 0 aliphatic rings. The first kappa shape index (κ1) is 42.5. The molecule has 1 atom stereocenters. The van der Waals surface area contributed by atoms with Crippen LogP contribution in [0.15, 0.2) is 72.8 Å². The van der Waals surface area contributed by atoms with Crippen molar-refractivity contribution in [3.63, 3.8) is 0 Å². The topological polar surface area (TPSA) is 27.7 Å². The van der Waals surface area contributed by atoms with Crippen LogP contribution >= 0.6 is 17.4 Å². The van der Waals surface area contributed by atoms with Crippen molar-refractivity contribution in [1.29, 1.82) is 0 Å². The summed E-state index contributed by atoms with van der Waals surface area (Å²) < 4.78 is 19.7. The van der Waals surface area contributed by atoms with E-state index in [-0.39, 0.29) is 0 Å². The fourth-order valence-corrected chi connectivity index (χ4v) is 9.04. The Hall–Kier alpha value is -1.92. The number of hydrogen-bond acceptors (Lipinski definition) is 3. The van der Waals surface area contributed by atoms with Crippen LogP contribution in [0.5, 0.6) is 11.5 Å². The summed E-state index contributed by atoms with van der Waals surface area (Å²) in [7, 11) is -0.527. The van der Waals surface area contributed by atoms with E-state index in [4.69, 9.17) is 13.4 Å². The van der Waals surface area contributed by atoms with Crippen LogP contribution in [-0.4, -0.2) is 0 Å². The molecule has 0 fully saturated rings. The van der Waals surface area contributed by atoms with Crippen LogP contribution in [0.1, 0.15) is 172 Å². The van der Waals surface area contributed by atoms with Gasteiger partial charge in [-0.15, -0.1) is 4.31 Å². The molecule has 3 aromatic rings. The molecule has 0 spiro atoms. The maximum Gasteiger partial charge on any atom is 0.538 e. The highest BCUT2D eigenvalue weighted by Gasteiger charge is 2.51. The minimum atomic E-state index is -2.99. The summed E-state index contributed by atoms with van der Waals surface area (Å²) >= 11 is 0. The Labute approximate surface area is 311 Å². The third kappa shape index (κ3) is 17.1. The minimum Gasteiger partial charge on any atom is -0.274 e. The molecule has 3 aromatic carbocycles. The number of unbranched alkanes of at least 4 members (excludes halogenated alkanes) is 18. The van der Waals surface area contributed by atoms with Gasteiger partial charge in [0, 0.05) is 0 Å². The molecule has 0 amide bonds. The van der Waals surface area contributed by atoms with Crippen LogP contribution in [0.25, 0.3) is 0 Å². The number of hydrogen-bond donors (Lipinski definition) is 0. The van der Waals surface area contributed by atoms with Gasteiger partial charge in [0.05, 0.1) is 9.47 Å². The third-order valence-corrected chi connectivity index (χ3v) is 12.8. The first-order chi connectivity index (χ1) is 24.6. The fourth-order valence-electron chi connectivity index (χ4n) is 6.64. The summed E-state index contributed by atoms with van der Waals surface area (Å²) in [5.74, 6) is 1.54. The van der Waals surface area contributed by atoms with Gasteiger partial charge in [0.1, 0.15) is 0 Å². The van der Waals surface area contributed by atoms with Crippen LogP contribution in [0, 0.1) is 0 Å². The zero-order valence-electron chi connectivity index (χ0n) is 32.1. The van der Waals surface area contributed by atoms with Gasteiger partial charge in [-0.1, -0.05) is 173 Å². The van der Waals surface area contributed by atoms with Crippen molar-refractivity contribution in [2.24, 2.45) is 0 Å². The van der Waals surface area contributed by atoms with Crippen molar-refractivity contribution in [1.82, 2.24) is 0 Å². The average molecular weight is 722 g/mol. The maximum atomic E-state index is 6.76. The summed E-state index contributed by atoms with van der Waals surface area (Å²) in [6.45, 7) is 6.84. The Balaban J connectivity index is 1.65. The first-order valence-corrected chi connectivity index (χ1v) is 22.6. The maximum absolute atomic E-state index is 6.76. The second-order valence-corrected chi connectivity index (χ2v) is 17.1. The van der Waals surface area contributed by atoms with Crippen LogP contribution in [0.2, 0.25) is 0 Å². The number of benzene rings is 3. The third-order valence-electron chi connectivity index (χ3n) is 9.90. The Bertz CT molecular complexity index is 1160. The molecule has 0 saturated heterocycles. The van der Waals surface area contributed by atoms with E-state index in [1.165, 1.54) is 152 Å². The van der Waals surface area contributed by atoms with Gasteiger partial charge in [0.25, 0.3) is 0 Å². The lowest BCUT2D eigenvalue weighted by atomic mass is 10.0. The number of aryl methyl sites for hydroxylation is 3. The van der Waals surface area contributed by atoms with Crippen molar-refractivity contribution < 1.29 is 13.4 Å². The first-order valence-electron chi connectivity index (χ1n) is 20.6. The standard InChI is InChI=1S/C45H71O3P2/c1-4-7-10-13-16-19-22-25-40-28-34-43(35-29-40)46-50(48-49,45-38-32-42(33-39-45)27-24-21-18-15-12-9-6-3)47-44-36-30-41(31-37-44)26-23-20-17-14-11-8-5-2/h28-39H,4-27,49H2,1-3H3/q+1. The highest BCUT2D eigenvalue weighted by molar-refractivity contribution is 7.72. The summed E-state index contributed by atoms with van der Waals surface area (Å²) in [4.78, 5) is 0. The van der Waals surface area contributed by atoms with Gasteiger partial charge in [-0.25, -0.2) is 0 Å². The summed E-state index contributed by atoms with van der Waals surface area (Å²) in [6.07, 6.45) is 31.2. The Kier molecular flexibility index (Phi) is 22.8. The molecule has 5 heteroatoms. The molecule has 0 aliphatic carbocycles. The van der Waals surface area contributed by atoms with E-state index in [2.05, 4.69) is 103 Å². The molecule has 0 N–H and O–H groups in total. The van der Waals surface area contributed by atoms with E-state index >= 15 is 0 Å². The Morgan fingerprint density at radius 1 is 0.380 bits per heavy atom. The molecule has 0 radical (unpaired) electrons. The van der Waals surface area contributed by atoms with Crippen molar-refractivity contribution in [2.75, 3.05) is 0 Å². The minimum absolute atomic E-state index is 0.770. The molecule has 0 bridgehead atoms. The van der Waals surface area contributed by atoms with E-state index in [9.17, 15) is 0 Å². The molecular formula is C45H71O3P2+. The van der Waals surface area contributed by atoms with Crippen LogP contribution < -0.4 is 14.4 Å². The van der Waals surface area contributed by atoms with E-state index in [1.807, 2.05) is 0 Å². The normalized spacial score (nSPS) is 11.6. The van der Waals surface area contributed by atoms with Gasteiger partial charge in [-0.05, 0) is 91.6 Å². The lowest BCUT2D eigenvalue weighted by molar-refractivity contribution is 0.390. The lowest BCUT2D eigenvalue weighted by Crippen LogP contribution is -2.21. The smallest absolute Gasteiger partial charge is 0.274 e. The molecule has 0 aromatic heterocycles. The SMILES string of the molecule is CCCCCCCCCc1ccc(O[P+](OP)(Oc2ccc(CCCCCCCCC)cc2)c2ccc(CCCCCCCCC)cc2)cc1. The Morgan fingerprint density at radius 3 is 0.960 bits per heavy atom. The second kappa shape index (κ2) is 26.8. The van der Waals surface area contributed by atoms with Crippen molar-refractivity contribution >= 4 is 22.7 Å². The van der Waals surface area contributed by atoms with Crippen LogP contribution in [-0.2, 0) is 23.6 Å². The fraction of sp³-hybridized carbons (Fsp3) is 0.600. The van der Waals surface area contributed by atoms with Gasteiger partial charge >= 0.3 is 7.94 Å². The van der Waals surface area contributed by atoms with E-state index in [1.54, 1.807) is 0 Å². The second-order valence-electron chi connectivity index (χ2n) is 14.4. The zero-order chi connectivity index (χ0) is 35.5. The molecule has 278 valence electrons. The molecular weight excluding hydrogens is 650 g/mol. The van der Waals surface area contributed by atoms with Gasteiger partial charge in [-0.3, -0.25) is 9.05 Å². The van der Waals surface area contributed by atoms with Crippen molar-refractivity contribution in [2.45, 2.75) is 175 Å². The van der Waals surface area contributed by atoms with Crippen LogP contribution in [0.4, 0.5) is 0 Å². The highest BCUT2D eigenvalue weighted by Crippen LogP contribution is 2.61. The summed E-state index contributed by atoms with van der Waals surface area (Å²) in [5, 5.41) is 0.940. The van der Waals surface area contributed by atoms with Gasteiger partial charge in [0.2, 0.25) is 5.30 Å². The van der Waals surface area contributed by atoms with Gasteiger partial charge < -0.3 is 0 Å².